The van der Waals surface area contributed by atoms with Gasteiger partial charge in [0.15, 0.2) is 9.84 Å². The summed E-state index contributed by atoms with van der Waals surface area (Å²) in [5, 5.41) is 13.8. The van der Waals surface area contributed by atoms with Gasteiger partial charge in [-0.1, -0.05) is 22.9 Å². The van der Waals surface area contributed by atoms with Crippen LogP contribution in [0.1, 0.15) is 28.7 Å². The highest BCUT2D eigenvalue weighted by Crippen LogP contribution is 2.36. The van der Waals surface area contributed by atoms with Gasteiger partial charge < -0.3 is 5.11 Å². The molecule has 6 nitrogen and oxygen atoms in total. The molecule has 3 aromatic rings. The lowest BCUT2D eigenvalue weighted by atomic mass is 10.0. The topological polar surface area (TPSA) is 88.7 Å². The van der Waals surface area contributed by atoms with Crippen LogP contribution >= 0.6 is 15.9 Å². The number of hydrogen-bond donors (Lipinski definition) is 1. The predicted molar refractivity (Wildman–Crippen MR) is 103 cm³/mol. The lowest BCUT2D eigenvalue weighted by Gasteiger charge is -2.15. The van der Waals surface area contributed by atoms with Crippen LogP contribution in [-0.4, -0.2) is 35.4 Å². The highest BCUT2D eigenvalue weighted by Gasteiger charge is 2.24. The molecule has 2 aromatic heterocycles. The van der Waals surface area contributed by atoms with Crippen molar-refractivity contribution < 1.29 is 18.3 Å². The number of nitrogens with zero attached hydrogens (tertiary/aromatic N) is 2. The zero-order valence-electron chi connectivity index (χ0n) is 14.4. The van der Waals surface area contributed by atoms with Crippen LogP contribution in [0.5, 0.6) is 0 Å². The third-order valence-electron chi connectivity index (χ3n) is 4.16. The Bertz CT molecular complexity index is 1150. The van der Waals surface area contributed by atoms with Gasteiger partial charge in [-0.3, -0.25) is 0 Å². The maximum Gasteiger partial charge on any atom is 0.335 e. The number of rotatable bonds is 4. The average molecular weight is 437 g/mol. The fourth-order valence-electron chi connectivity index (χ4n) is 3.13. The van der Waals surface area contributed by atoms with Gasteiger partial charge in [-0.05, 0) is 49.2 Å². The van der Waals surface area contributed by atoms with Crippen molar-refractivity contribution in [3.8, 4) is 11.1 Å². The minimum absolute atomic E-state index is 0.0729. The molecule has 26 heavy (non-hydrogen) atoms. The quantitative estimate of drug-likeness (QED) is 0.672. The lowest BCUT2D eigenvalue weighted by molar-refractivity contribution is 0.0697. The molecule has 2 heterocycles. The first kappa shape index (κ1) is 18.6. The molecule has 0 aliphatic heterocycles. The Morgan fingerprint density at radius 2 is 1.96 bits per heavy atom. The summed E-state index contributed by atoms with van der Waals surface area (Å²) < 4.78 is 27.3. The maximum atomic E-state index is 12.5. The number of hydrogen-bond acceptors (Lipinski definition) is 4. The number of halogens is 1. The van der Waals surface area contributed by atoms with E-state index in [1.54, 1.807) is 17.5 Å². The van der Waals surface area contributed by atoms with Crippen molar-refractivity contribution in [1.82, 2.24) is 9.61 Å². The Labute approximate surface area is 159 Å². The van der Waals surface area contributed by atoms with Crippen molar-refractivity contribution in [1.29, 1.82) is 0 Å². The molecule has 0 saturated heterocycles. The Morgan fingerprint density at radius 3 is 2.54 bits per heavy atom. The number of sulfone groups is 1. The molecule has 0 aliphatic rings. The van der Waals surface area contributed by atoms with E-state index in [1.807, 2.05) is 19.1 Å². The van der Waals surface area contributed by atoms with Gasteiger partial charge in [0.2, 0.25) is 0 Å². The highest BCUT2D eigenvalue weighted by atomic mass is 79.9. The summed E-state index contributed by atoms with van der Waals surface area (Å²) in [5.74, 6) is -1.08. The minimum atomic E-state index is -3.59. The fraction of sp³-hybridized carbons (Fsp3) is 0.222. The van der Waals surface area contributed by atoms with E-state index in [0.717, 1.165) is 18.4 Å². The molecule has 0 atom stereocenters. The number of benzene rings is 1. The first-order chi connectivity index (χ1) is 12.1. The van der Waals surface area contributed by atoms with E-state index < -0.39 is 15.8 Å². The molecule has 1 N–H and O–H groups in total. The molecule has 8 heteroatoms. The lowest BCUT2D eigenvalue weighted by Crippen LogP contribution is -2.10. The summed E-state index contributed by atoms with van der Waals surface area (Å²) in [6.45, 7) is 3.64. The Hall–Kier alpha value is -2.19. The molecule has 0 spiro atoms. The molecule has 0 unspecified atom stereocenters. The maximum absolute atomic E-state index is 12.5. The standard InChI is InChI=1S/C18H17BrN2O4S/c1-4-14-5-6-15-16(11-7-12(18(22)23)9-13(19)8-11)17(26(3,24)25)10(2)20-21(14)15/h5-9H,4H2,1-3H3,(H,22,23). The van der Waals surface area contributed by atoms with Crippen molar-refractivity contribution in [2.75, 3.05) is 6.26 Å². The second-order valence-corrected chi connectivity index (χ2v) is 8.94. The number of aromatic carboxylic acids is 1. The van der Waals surface area contributed by atoms with Crippen LogP contribution in [0.2, 0.25) is 0 Å². The van der Waals surface area contributed by atoms with Crippen LogP contribution < -0.4 is 0 Å². The number of carbonyl (C=O) groups is 1. The van der Waals surface area contributed by atoms with Gasteiger partial charge in [-0.15, -0.1) is 0 Å². The first-order valence-electron chi connectivity index (χ1n) is 7.89. The molecule has 136 valence electrons. The van der Waals surface area contributed by atoms with Crippen LogP contribution in [-0.2, 0) is 16.3 Å². The molecule has 3 rings (SSSR count). The predicted octanol–water partition coefficient (Wildman–Crippen LogP) is 3.74. The van der Waals surface area contributed by atoms with Gasteiger partial charge in [0, 0.05) is 22.0 Å². The molecule has 0 radical (unpaired) electrons. The number of aromatic nitrogens is 2. The van der Waals surface area contributed by atoms with E-state index >= 15 is 0 Å². The second-order valence-electron chi connectivity index (χ2n) is 6.07. The van der Waals surface area contributed by atoms with Gasteiger partial charge in [0.1, 0.15) is 0 Å². The first-order valence-corrected chi connectivity index (χ1v) is 10.6. The molecule has 0 bridgehead atoms. The molecule has 0 aliphatic carbocycles. The van der Waals surface area contributed by atoms with E-state index in [9.17, 15) is 18.3 Å². The van der Waals surface area contributed by atoms with E-state index in [4.69, 9.17) is 0 Å². The molecule has 0 fully saturated rings. The zero-order chi connectivity index (χ0) is 19.2. The van der Waals surface area contributed by atoms with Crippen LogP contribution in [0.3, 0.4) is 0 Å². The Kier molecular flexibility index (Phi) is 4.66. The third kappa shape index (κ3) is 3.14. The summed E-state index contributed by atoms with van der Waals surface area (Å²) in [6, 6.07) is 8.39. The number of carboxylic acid groups (broad SMARTS) is 1. The Balaban J connectivity index is 2.52. The fourth-order valence-corrected chi connectivity index (χ4v) is 4.79. The normalized spacial score (nSPS) is 11.8. The van der Waals surface area contributed by atoms with E-state index in [-0.39, 0.29) is 10.5 Å². The smallest absolute Gasteiger partial charge is 0.335 e. The van der Waals surface area contributed by atoms with E-state index in [1.165, 1.54) is 12.1 Å². The summed E-state index contributed by atoms with van der Waals surface area (Å²) in [4.78, 5) is 11.6. The van der Waals surface area contributed by atoms with E-state index in [2.05, 4.69) is 21.0 Å². The largest absolute Gasteiger partial charge is 0.478 e. The van der Waals surface area contributed by atoms with Gasteiger partial charge in [0.25, 0.3) is 0 Å². The number of fused-ring (bicyclic) bond motifs is 1. The van der Waals surface area contributed by atoms with Gasteiger partial charge in [0.05, 0.1) is 21.7 Å². The second kappa shape index (κ2) is 6.51. The minimum Gasteiger partial charge on any atom is -0.478 e. The number of carboxylic acids is 1. The summed E-state index contributed by atoms with van der Waals surface area (Å²) in [6.07, 6.45) is 1.87. The van der Waals surface area contributed by atoms with Crippen LogP contribution in [0, 0.1) is 6.92 Å². The van der Waals surface area contributed by atoms with Crippen molar-refractivity contribution in [2.24, 2.45) is 0 Å². The third-order valence-corrected chi connectivity index (χ3v) is 5.86. The van der Waals surface area contributed by atoms with Crippen LogP contribution in [0.25, 0.3) is 16.6 Å². The van der Waals surface area contributed by atoms with Crippen molar-refractivity contribution in [3.63, 3.8) is 0 Å². The summed E-state index contributed by atoms with van der Waals surface area (Å²) in [7, 11) is -3.59. The monoisotopic (exact) mass is 436 g/mol. The summed E-state index contributed by atoms with van der Waals surface area (Å²) >= 11 is 3.32. The van der Waals surface area contributed by atoms with Crippen molar-refractivity contribution in [2.45, 2.75) is 25.2 Å². The Morgan fingerprint density at radius 1 is 1.27 bits per heavy atom. The van der Waals surface area contributed by atoms with Gasteiger partial charge in [-0.2, -0.15) is 5.10 Å². The SMILES string of the molecule is CCc1ccc2c(-c3cc(Br)cc(C(=O)O)c3)c(S(C)(=O)=O)c(C)nn12. The number of aryl methyl sites for hydroxylation is 2. The molecule has 1 aromatic carbocycles. The van der Waals surface area contributed by atoms with E-state index in [0.29, 0.717) is 26.8 Å². The molecular formula is C18H17BrN2O4S. The van der Waals surface area contributed by atoms with Gasteiger partial charge >= 0.3 is 5.97 Å². The molecular weight excluding hydrogens is 420 g/mol. The molecule has 0 amide bonds. The zero-order valence-corrected chi connectivity index (χ0v) is 16.8. The van der Waals surface area contributed by atoms with Crippen LogP contribution in [0.15, 0.2) is 39.7 Å². The van der Waals surface area contributed by atoms with Crippen molar-refractivity contribution >= 4 is 37.3 Å². The van der Waals surface area contributed by atoms with Crippen molar-refractivity contribution in [3.05, 3.63) is 51.8 Å². The summed E-state index contributed by atoms with van der Waals surface area (Å²) in [5.41, 5.74) is 2.98. The van der Waals surface area contributed by atoms with Crippen LogP contribution in [0.4, 0.5) is 0 Å². The molecule has 0 saturated carbocycles. The highest BCUT2D eigenvalue weighted by molar-refractivity contribution is 9.10. The van der Waals surface area contributed by atoms with Gasteiger partial charge in [-0.25, -0.2) is 17.7 Å². The average Bonchev–Trinajstić information content (AvgIpc) is 2.94.